The maximum atomic E-state index is 15.0. The number of halogens is 2. The van der Waals surface area contributed by atoms with Crippen LogP contribution in [0.15, 0.2) is 0 Å². The summed E-state index contributed by atoms with van der Waals surface area (Å²) in [7, 11) is 1.01. The van der Waals surface area contributed by atoms with Gasteiger partial charge in [-0.2, -0.15) is 4.39 Å². The quantitative estimate of drug-likeness (QED) is 0.234. The Kier molecular flexibility index (Phi) is 7.98. The Morgan fingerprint density at radius 3 is 2.44 bits per heavy atom. The number of carbonyl (C=O) groups excluding carboxylic acids is 3. The molecule has 1 aliphatic rings. The molecule has 1 rings (SSSR count). The van der Waals surface area contributed by atoms with Gasteiger partial charge in [0.1, 0.15) is 24.9 Å². The third-order valence-corrected chi connectivity index (χ3v) is 3.99. The van der Waals surface area contributed by atoms with Gasteiger partial charge >= 0.3 is 11.8 Å². The summed E-state index contributed by atoms with van der Waals surface area (Å²) in [6, 6.07) is -3.41. The fourth-order valence-electron chi connectivity index (χ4n) is 2.53. The van der Waals surface area contributed by atoms with Crippen LogP contribution in [0, 0.1) is 0 Å². The molecule has 0 aliphatic carbocycles. The fourth-order valence-corrected chi connectivity index (χ4v) is 2.53. The molecule has 13 heteroatoms. The predicted octanol–water partition coefficient (Wildman–Crippen LogP) is -3.78. The summed E-state index contributed by atoms with van der Waals surface area (Å²) < 4.78 is 38.6. The van der Waals surface area contributed by atoms with Gasteiger partial charge in [-0.1, -0.05) is 0 Å². The standard InChI is InChI=1S/C14H23F2N3O8/c1-5(21)19-9-8(17)12(15)14(16,13(25)18-3-7(23)26-2)27-11(9)10(24)6(22)4-20/h6,8-12,20,22,24H,3-4,17H2,1-2H3,(H,18,25)(H,19,21)/t6-,8-,9-,10-,11-,12-,14-/m1/s1. The van der Waals surface area contributed by atoms with Crippen LogP contribution in [0.5, 0.6) is 0 Å². The van der Waals surface area contributed by atoms with Gasteiger partial charge in [0, 0.05) is 6.92 Å². The monoisotopic (exact) mass is 399 g/mol. The second kappa shape index (κ2) is 9.32. The van der Waals surface area contributed by atoms with E-state index in [9.17, 15) is 29.0 Å². The lowest BCUT2D eigenvalue weighted by molar-refractivity contribution is -0.267. The number of esters is 1. The number of rotatable bonds is 7. The van der Waals surface area contributed by atoms with Gasteiger partial charge in [-0.05, 0) is 0 Å². The van der Waals surface area contributed by atoms with E-state index in [1.807, 2.05) is 0 Å². The first-order valence-corrected chi connectivity index (χ1v) is 7.85. The zero-order valence-electron chi connectivity index (χ0n) is 14.6. The number of hydrogen-bond acceptors (Lipinski definition) is 9. The first-order chi connectivity index (χ1) is 12.5. The van der Waals surface area contributed by atoms with Gasteiger partial charge in [0.25, 0.3) is 5.91 Å². The highest BCUT2D eigenvalue weighted by Gasteiger charge is 2.61. The van der Waals surface area contributed by atoms with E-state index in [4.69, 9.17) is 15.6 Å². The number of aliphatic hydroxyl groups is 3. The normalized spacial score (nSPS) is 32.9. The number of nitrogens with two attached hydrogens (primary N) is 1. The molecule has 1 fully saturated rings. The summed E-state index contributed by atoms with van der Waals surface area (Å²) in [6.45, 7) is -0.740. The average molecular weight is 399 g/mol. The number of ether oxygens (including phenoxy) is 2. The maximum Gasteiger partial charge on any atom is 0.325 e. The van der Waals surface area contributed by atoms with Crippen LogP contribution in [0.4, 0.5) is 8.78 Å². The Balaban J connectivity index is 3.16. The molecule has 156 valence electrons. The molecule has 1 aliphatic heterocycles. The molecule has 1 saturated heterocycles. The molecule has 7 atom stereocenters. The lowest BCUT2D eigenvalue weighted by atomic mass is 9.86. The Morgan fingerprint density at radius 2 is 1.96 bits per heavy atom. The van der Waals surface area contributed by atoms with Crippen LogP contribution in [0.1, 0.15) is 6.92 Å². The molecule has 0 radical (unpaired) electrons. The molecule has 0 aromatic carbocycles. The van der Waals surface area contributed by atoms with Gasteiger partial charge in [-0.3, -0.25) is 14.4 Å². The van der Waals surface area contributed by atoms with E-state index in [0.717, 1.165) is 14.0 Å². The van der Waals surface area contributed by atoms with Gasteiger partial charge in [-0.25, -0.2) is 4.39 Å². The van der Waals surface area contributed by atoms with E-state index in [1.165, 1.54) is 0 Å². The summed E-state index contributed by atoms with van der Waals surface area (Å²) in [5.41, 5.74) is 5.60. The molecule has 2 amide bonds. The van der Waals surface area contributed by atoms with Crippen molar-refractivity contribution in [2.24, 2.45) is 5.73 Å². The van der Waals surface area contributed by atoms with E-state index in [0.29, 0.717) is 0 Å². The molecule has 0 aromatic rings. The van der Waals surface area contributed by atoms with E-state index < -0.39 is 73.4 Å². The fraction of sp³-hybridized carbons (Fsp3) is 0.786. The van der Waals surface area contributed by atoms with Crippen LogP contribution >= 0.6 is 0 Å². The van der Waals surface area contributed by atoms with Crippen molar-refractivity contribution in [3.8, 4) is 0 Å². The molecule has 11 nitrogen and oxygen atoms in total. The van der Waals surface area contributed by atoms with Crippen LogP contribution in [0.25, 0.3) is 0 Å². The topological polar surface area (TPSA) is 180 Å². The second-order valence-electron chi connectivity index (χ2n) is 5.93. The molecular weight excluding hydrogens is 376 g/mol. The van der Waals surface area contributed by atoms with Crippen molar-refractivity contribution in [2.45, 2.75) is 49.3 Å². The molecule has 7 N–H and O–H groups in total. The zero-order chi connectivity index (χ0) is 20.9. The van der Waals surface area contributed by atoms with Crippen LogP contribution < -0.4 is 16.4 Å². The highest BCUT2D eigenvalue weighted by molar-refractivity contribution is 5.88. The minimum Gasteiger partial charge on any atom is -0.468 e. The largest absolute Gasteiger partial charge is 0.468 e. The summed E-state index contributed by atoms with van der Waals surface area (Å²) in [5.74, 6) is -7.15. The zero-order valence-corrected chi connectivity index (χ0v) is 14.6. The van der Waals surface area contributed by atoms with Crippen molar-refractivity contribution in [1.29, 1.82) is 0 Å². The van der Waals surface area contributed by atoms with Crippen LogP contribution in [-0.4, -0.2) is 95.8 Å². The van der Waals surface area contributed by atoms with Gasteiger partial charge in [0.05, 0.1) is 25.8 Å². The van der Waals surface area contributed by atoms with E-state index in [2.05, 4.69) is 10.1 Å². The van der Waals surface area contributed by atoms with Crippen LogP contribution in [-0.2, 0) is 23.9 Å². The van der Waals surface area contributed by atoms with Crippen molar-refractivity contribution in [3.05, 3.63) is 0 Å². The number of carbonyl (C=O) groups is 3. The maximum absolute atomic E-state index is 15.0. The Morgan fingerprint density at radius 1 is 1.37 bits per heavy atom. The average Bonchev–Trinajstić information content (AvgIpc) is 2.64. The van der Waals surface area contributed by atoms with Crippen molar-refractivity contribution >= 4 is 17.8 Å². The SMILES string of the molecule is COC(=O)CNC(=O)[C@]1(F)O[C@@H]([C@H](O)[C@H](O)CO)[C@H](NC(C)=O)[C@@H](N)[C@H]1F. The molecule has 0 spiro atoms. The predicted molar refractivity (Wildman–Crippen MR) is 83.3 cm³/mol. The Bertz CT molecular complexity index is 568. The molecular formula is C14H23F2N3O8. The number of amides is 2. The summed E-state index contributed by atoms with van der Waals surface area (Å²) in [6.07, 6.45) is -8.60. The van der Waals surface area contributed by atoms with Gasteiger partial charge < -0.3 is 41.2 Å². The highest BCUT2D eigenvalue weighted by Crippen LogP contribution is 2.35. The molecule has 0 unspecified atom stereocenters. The number of nitrogens with one attached hydrogen (secondary N) is 2. The van der Waals surface area contributed by atoms with E-state index in [-0.39, 0.29) is 0 Å². The summed E-state index contributed by atoms with van der Waals surface area (Å²) in [4.78, 5) is 34.4. The first-order valence-electron chi connectivity index (χ1n) is 7.85. The number of hydrogen-bond donors (Lipinski definition) is 6. The van der Waals surface area contributed by atoms with Crippen molar-refractivity contribution in [2.75, 3.05) is 20.3 Å². The van der Waals surface area contributed by atoms with Crippen molar-refractivity contribution in [1.82, 2.24) is 10.6 Å². The van der Waals surface area contributed by atoms with Gasteiger partial charge in [0.15, 0.2) is 6.17 Å². The minimum atomic E-state index is -3.75. The number of methoxy groups -OCH3 is 1. The lowest BCUT2D eigenvalue weighted by Crippen LogP contribution is -2.74. The smallest absolute Gasteiger partial charge is 0.325 e. The van der Waals surface area contributed by atoms with Crippen molar-refractivity contribution < 1.29 is 48.0 Å². The van der Waals surface area contributed by atoms with E-state index in [1.54, 1.807) is 5.32 Å². The summed E-state index contributed by atoms with van der Waals surface area (Å²) in [5, 5.41) is 32.5. The Hall–Kier alpha value is -1.93. The molecule has 27 heavy (non-hydrogen) atoms. The highest BCUT2D eigenvalue weighted by atomic mass is 19.2. The number of alkyl halides is 2. The number of aliphatic hydroxyl groups excluding tert-OH is 3. The minimum absolute atomic E-state index is 0.733. The molecule has 0 bridgehead atoms. The van der Waals surface area contributed by atoms with Crippen LogP contribution in [0.3, 0.4) is 0 Å². The van der Waals surface area contributed by atoms with E-state index >= 15 is 4.39 Å². The first kappa shape index (κ1) is 23.1. The van der Waals surface area contributed by atoms with Crippen molar-refractivity contribution in [3.63, 3.8) is 0 Å². The van der Waals surface area contributed by atoms with Crippen LogP contribution in [0.2, 0.25) is 0 Å². The summed E-state index contributed by atoms with van der Waals surface area (Å²) >= 11 is 0. The molecule has 0 aromatic heterocycles. The molecule has 1 heterocycles. The third kappa shape index (κ3) is 5.07. The second-order valence-corrected chi connectivity index (χ2v) is 5.93. The third-order valence-electron chi connectivity index (χ3n) is 3.99. The van der Waals surface area contributed by atoms with Gasteiger partial charge in [-0.15, -0.1) is 0 Å². The molecule has 0 saturated carbocycles. The van der Waals surface area contributed by atoms with Gasteiger partial charge in [0.2, 0.25) is 5.91 Å². The lowest BCUT2D eigenvalue weighted by Gasteiger charge is -2.46. The Labute approximate surface area is 152 Å².